The van der Waals surface area contributed by atoms with Gasteiger partial charge in [-0.15, -0.1) is 0 Å². The fourth-order valence-electron chi connectivity index (χ4n) is 2.80. The van der Waals surface area contributed by atoms with Crippen molar-refractivity contribution in [3.8, 4) is 0 Å². The molecule has 0 radical (unpaired) electrons. The average molecular weight is 410 g/mol. The third kappa shape index (κ3) is 5.51. The van der Waals surface area contributed by atoms with Gasteiger partial charge in [0.1, 0.15) is 5.57 Å². The molecule has 1 aromatic carbocycles. The fourth-order valence-corrected chi connectivity index (χ4v) is 3.22. The van der Waals surface area contributed by atoms with Gasteiger partial charge >= 0.3 is 0 Å². The molecule has 1 aliphatic heterocycles. The smallest absolute Gasteiger partial charge is 0.265 e. The molecule has 0 atom stereocenters. The Morgan fingerprint density at radius 1 is 0.862 bits per heavy atom. The van der Waals surface area contributed by atoms with E-state index in [9.17, 15) is 9.59 Å². The van der Waals surface area contributed by atoms with Gasteiger partial charge in [0.2, 0.25) is 0 Å². The highest BCUT2D eigenvalue weighted by atomic mass is 32.1. The van der Waals surface area contributed by atoms with Gasteiger partial charge in [0.25, 0.3) is 11.8 Å². The number of thiocarbonyl (C=S) groups is 1. The number of rotatable bonds is 7. The largest absolute Gasteiger partial charge is 0.378 e. The fraction of sp³-hybridized carbons (Fsp3) is 0.261. The molecule has 0 N–H and O–H groups in total. The molecule has 5 nitrogen and oxygen atoms in total. The van der Waals surface area contributed by atoms with Crippen LogP contribution in [-0.2, 0) is 9.59 Å². The lowest BCUT2D eigenvalue weighted by atomic mass is 10.1. The molecule has 0 saturated carbocycles. The first-order chi connectivity index (χ1) is 13.9. The van der Waals surface area contributed by atoms with Gasteiger partial charge in [-0.25, -0.2) is 0 Å². The molecular weight excluding hydrogens is 382 g/mol. The Labute approximate surface area is 178 Å². The Morgan fingerprint density at radius 2 is 1.38 bits per heavy atom. The summed E-state index contributed by atoms with van der Waals surface area (Å²) >= 11 is 5.24. The summed E-state index contributed by atoms with van der Waals surface area (Å²) in [6.45, 7) is 4.54. The molecule has 0 aromatic heterocycles. The van der Waals surface area contributed by atoms with Gasteiger partial charge in [-0.3, -0.25) is 19.4 Å². The Hall–Kier alpha value is -2.99. The van der Waals surface area contributed by atoms with Gasteiger partial charge in [0.05, 0.1) is 0 Å². The van der Waals surface area contributed by atoms with Crippen LogP contribution in [0.3, 0.4) is 0 Å². The first kappa shape index (κ1) is 22.3. The zero-order chi connectivity index (χ0) is 21.4. The van der Waals surface area contributed by atoms with Crippen molar-refractivity contribution in [2.24, 2.45) is 0 Å². The van der Waals surface area contributed by atoms with Crippen molar-refractivity contribution in [3.05, 3.63) is 71.9 Å². The summed E-state index contributed by atoms with van der Waals surface area (Å²) in [4.78, 5) is 29.9. The predicted molar refractivity (Wildman–Crippen MR) is 124 cm³/mol. The maximum atomic E-state index is 12.5. The van der Waals surface area contributed by atoms with Gasteiger partial charge in [-0.1, -0.05) is 48.6 Å². The van der Waals surface area contributed by atoms with E-state index in [1.807, 2.05) is 52.2 Å². The van der Waals surface area contributed by atoms with Crippen molar-refractivity contribution < 1.29 is 9.59 Å². The predicted octanol–water partition coefficient (Wildman–Crippen LogP) is 3.80. The summed E-state index contributed by atoms with van der Waals surface area (Å²) in [6.07, 6.45) is 12.7. The van der Waals surface area contributed by atoms with Crippen LogP contribution in [0.1, 0.15) is 19.4 Å². The summed E-state index contributed by atoms with van der Waals surface area (Å²) in [6, 6.07) is 8.25. The molecule has 1 saturated heterocycles. The number of hydrogen-bond acceptors (Lipinski definition) is 4. The number of anilines is 1. The van der Waals surface area contributed by atoms with Crippen LogP contribution in [0.15, 0.2) is 66.3 Å². The second-order valence-corrected chi connectivity index (χ2v) is 6.94. The van der Waals surface area contributed by atoms with Crippen molar-refractivity contribution in [2.45, 2.75) is 13.8 Å². The molecule has 0 spiro atoms. The minimum atomic E-state index is -0.345. The van der Waals surface area contributed by atoms with E-state index in [1.54, 1.807) is 18.2 Å². The monoisotopic (exact) mass is 409 g/mol. The first-order valence-corrected chi connectivity index (χ1v) is 9.98. The lowest BCUT2D eigenvalue weighted by Gasteiger charge is -2.35. The Balaban J connectivity index is 2.01. The van der Waals surface area contributed by atoms with Gasteiger partial charge in [0.15, 0.2) is 5.11 Å². The van der Waals surface area contributed by atoms with E-state index in [-0.39, 0.29) is 22.5 Å². The van der Waals surface area contributed by atoms with E-state index in [0.717, 1.165) is 11.3 Å². The number of allylic oxidation sites excluding steroid dienone is 6. The molecule has 0 bridgehead atoms. The van der Waals surface area contributed by atoms with Crippen molar-refractivity contribution in [1.29, 1.82) is 0 Å². The number of hydrogen-bond donors (Lipinski definition) is 0. The molecule has 0 unspecified atom stereocenters. The maximum absolute atomic E-state index is 12.5. The van der Waals surface area contributed by atoms with E-state index >= 15 is 0 Å². The van der Waals surface area contributed by atoms with E-state index in [1.165, 1.54) is 9.80 Å². The number of carbonyl (C=O) groups is 2. The van der Waals surface area contributed by atoms with Crippen LogP contribution in [0.25, 0.3) is 6.08 Å². The third-order valence-corrected chi connectivity index (χ3v) is 4.89. The summed E-state index contributed by atoms with van der Waals surface area (Å²) in [5, 5.41) is 0.273. The Morgan fingerprint density at radius 3 is 1.90 bits per heavy atom. The summed E-state index contributed by atoms with van der Waals surface area (Å²) in [5.41, 5.74) is 2.40. The van der Waals surface area contributed by atoms with Crippen LogP contribution in [0.4, 0.5) is 5.69 Å². The van der Waals surface area contributed by atoms with Gasteiger partial charge in [-0.05, 0) is 49.8 Å². The van der Waals surface area contributed by atoms with Crippen LogP contribution in [0.2, 0.25) is 0 Å². The SMILES string of the molecule is CCN1C(=O)C(=C/C=C/C=C/C=C/c2ccc(N(C)C)cc2)C(=O)N(CC)C1=S. The molecule has 0 aliphatic carbocycles. The quantitative estimate of drug-likeness (QED) is 0.297. The van der Waals surface area contributed by atoms with Crippen molar-refractivity contribution in [2.75, 3.05) is 32.1 Å². The van der Waals surface area contributed by atoms with Crippen molar-refractivity contribution in [1.82, 2.24) is 9.80 Å². The van der Waals surface area contributed by atoms with Crippen LogP contribution < -0.4 is 4.90 Å². The standard InChI is InChI=1S/C23H27N3O2S/c1-5-25-21(27)20(22(28)26(6-2)23(25)29)13-11-9-7-8-10-12-18-14-16-19(17-15-18)24(3)4/h7-17H,5-6H2,1-4H3/b8-7+,11-9+,12-10+. The zero-order valence-corrected chi connectivity index (χ0v) is 18.1. The summed E-state index contributed by atoms with van der Waals surface area (Å²) < 4.78 is 0. The third-order valence-electron chi connectivity index (χ3n) is 4.45. The molecule has 29 heavy (non-hydrogen) atoms. The van der Waals surface area contributed by atoms with Crippen LogP contribution >= 0.6 is 12.2 Å². The number of nitrogens with zero attached hydrogens (tertiary/aromatic N) is 3. The summed E-state index contributed by atoms with van der Waals surface area (Å²) in [7, 11) is 4.02. The second-order valence-electron chi connectivity index (χ2n) is 6.58. The van der Waals surface area contributed by atoms with Crippen LogP contribution in [-0.4, -0.2) is 53.9 Å². The second kappa shape index (κ2) is 10.5. The molecular formula is C23H27N3O2S. The van der Waals surface area contributed by atoms with Gasteiger partial charge in [-0.2, -0.15) is 0 Å². The van der Waals surface area contributed by atoms with E-state index in [2.05, 4.69) is 29.2 Å². The topological polar surface area (TPSA) is 43.9 Å². The number of amides is 2. The van der Waals surface area contributed by atoms with Crippen LogP contribution in [0, 0.1) is 0 Å². The molecule has 1 aromatic rings. The molecule has 2 amide bonds. The molecule has 1 heterocycles. The Kier molecular flexibility index (Phi) is 8.09. The summed E-state index contributed by atoms with van der Waals surface area (Å²) in [5.74, 6) is -0.691. The van der Waals surface area contributed by atoms with Gasteiger partial charge in [0, 0.05) is 32.9 Å². The molecule has 6 heteroatoms. The van der Waals surface area contributed by atoms with E-state index < -0.39 is 0 Å². The van der Waals surface area contributed by atoms with E-state index in [4.69, 9.17) is 12.2 Å². The number of carbonyl (C=O) groups excluding carboxylic acids is 2. The van der Waals surface area contributed by atoms with E-state index in [0.29, 0.717) is 13.1 Å². The number of benzene rings is 1. The highest BCUT2D eigenvalue weighted by Crippen LogP contribution is 2.17. The molecule has 2 rings (SSSR count). The molecule has 1 fully saturated rings. The highest BCUT2D eigenvalue weighted by Gasteiger charge is 2.37. The zero-order valence-electron chi connectivity index (χ0n) is 17.3. The normalized spacial score (nSPS) is 15.4. The highest BCUT2D eigenvalue weighted by molar-refractivity contribution is 7.80. The lowest BCUT2D eigenvalue weighted by Crippen LogP contribution is -2.55. The average Bonchev–Trinajstić information content (AvgIpc) is 2.70. The Bertz CT molecular complexity index is 852. The lowest BCUT2D eigenvalue weighted by molar-refractivity contribution is -0.133. The van der Waals surface area contributed by atoms with Gasteiger partial charge < -0.3 is 4.90 Å². The number of likely N-dealkylation sites (N-methyl/N-ethyl adjacent to an activating group) is 2. The molecule has 1 aliphatic rings. The molecule has 152 valence electrons. The minimum absolute atomic E-state index is 0.128. The minimum Gasteiger partial charge on any atom is -0.378 e. The maximum Gasteiger partial charge on any atom is 0.265 e. The van der Waals surface area contributed by atoms with Crippen molar-refractivity contribution in [3.63, 3.8) is 0 Å². The first-order valence-electron chi connectivity index (χ1n) is 9.57. The van der Waals surface area contributed by atoms with Crippen LogP contribution in [0.5, 0.6) is 0 Å². The van der Waals surface area contributed by atoms with Crippen molar-refractivity contribution >= 4 is 40.9 Å².